The molecular weight excluding hydrogens is 356 g/mol. The second kappa shape index (κ2) is 8.14. The van der Waals surface area contributed by atoms with Gasteiger partial charge in [-0.05, 0) is 31.0 Å². The van der Waals surface area contributed by atoms with E-state index in [2.05, 4.69) is 10.00 Å². The zero-order valence-electron chi connectivity index (χ0n) is 16.2. The summed E-state index contributed by atoms with van der Waals surface area (Å²) in [5.41, 5.74) is 1.88. The molecule has 2 aliphatic heterocycles. The van der Waals surface area contributed by atoms with Crippen LogP contribution in [0.1, 0.15) is 11.3 Å². The van der Waals surface area contributed by atoms with Gasteiger partial charge in [-0.15, -0.1) is 0 Å². The molecule has 2 aliphatic rings. The number of piperazine rings is 1. The number of aryl methyl sites for hydroxylation is 1. The number of ether oxygens (including phenoxy) is 1. The van der Waals surface area contributed by atoms with Crippen molar-refractivity contribution >= 4 is 5.91 Å². The van der Waals surface area contributed by atoms with Gasteiger partial charge in [-0.25, -0.2) is 4.68 Å². The van der Waals surface area contributed by atoms with E-state index in [0.717, 1.165) is 43.1 Å². The smallest absolute Gasteiger partial charge is 0.266 e. The summed E-state index contributed by atoms with van der Waals surface area (Å²) in [5, 5.41) is 4.28. The maximum absolute atomic E-state index is 12.9. The summed E-state index contributed by atoms with van der Waals surface area (Å²) in [4.78, 5) is 29.0. The van der Waals surface area contributed by atoms with E-state index in [1.54, 1.807) is 12.1 Å². The van der Waals surface area contributed by atoms with Gasteiger partial charge in [0.25, 0.3) is 5.56 Å². The van der Waals surface area contributed by atoms with Crippen molar-refractivity contribution in [1.29, 1.82) is 0 Å². The van der Waals surface area contributed by atoms with Crippen molar-refractivity contribution in [3.63, 3.8) is 0 Å². The van der Waals surface area contributed by atoms with Crippen LogP contribution in [0.15, 0.2) is 41.2 Å². The van der Waals surface area contributed by atoms with Crippen LogP contribution >= 0.6 is 0 Å². The summed E-state index contributed by atoms with van der Waals surface area (Å²) in [6, 6.07) is 11.2. The minimum atomic E-state index is -0.100. The minimum absolute atomic E-state index is 0.0722. The average molecular weight is 382 g/mol. The number of hydrogen-bond acceptors (Lipinski definition) is 5. The van der Waals surface area contributed by atoms with Crippen LogP contribution < -0.4 is 10.3 Å². The quantitative estimate of drug-likeness (QED) is 0.788. The third-order valence-corrected chi connectivity index (χ3v) is 5.54. The molecule has 7 nitrogen and oxygen atoms in total. The Hall–Kier alpha value is -2.67. The highest BCUT2D eigenvalue weighted by Crippen LogP contribution is 2.27. The van der Waals surface area contributed by atoms with Crippen LogP contribution in [0.3, 0.4) is 0 Å². The first-order valence-corrected chi connectivity index (χ1v) is 9.87. The number of fused-ring (bicyclic) bond motifs is 1. The van der Waals surface area contributed by atoms with Gasteiger partial charge in [0.15, 0.2) is 0 Å². The highest BCUT2D eigenvalue weighted by atomic mass is 16.5. The molecule has 1 aromatic heterocycles. The second-order valence-electron chi connectivity index (χ2n) is 7.52. The van der Waals surface area contributed by atoms with E-state index in [9.17, 15) is 9.59 Å². The van der Waals surface area contributed by atoms with Crippen molar-refractivity contribution in [3.8, 4) is 5.75 Å². The number of para-hydroxylation sites is 1. The molecule has 28 heavy (non-hydrogen) atoms. The van der Waals surface area contributed by atoms with Crippen LogP contribution in [0.5, 0.6) is 5.75 Å². The van der Waals surface area contributed by atoms with E-state index in [1.807, 2.05) is 36.1 Å². The Kier molecular flexibility index (Phi) is 5.43. The summed E-state index contributed by atoms with van der Waals surface area (Å²) in [7, 11) is 0. The van der Waals surface area contributed by atoms with Crippen molar-refractivity contribution in [1.82, 2.24) is 19.6 Å². The lowest BCUT2D eigenvalue weighted by molar-refractivity contribution is -0.138. The van der Waals surface area contributed by atoms with Crippen LogP contribution in [0, 0.1) is 12.8 Å². The van der Waals surface area contributed by atoms with Crippen molar-refractivity contribution in [2.75, 3.05) is 39.3 Å². The molecule has 0 spiro atoms. The van der Waals surface area contributed by atoms with Gasteiger partial charge in [-0.2, -0.15) is 5.10 Å². The van der Waals surface area contributed by atoms with Gasteiger partial charge in [0.2, 0.25) is 5.91 Å². The van der Waals surface area contributed by atoms with Crippen molar-refractivity contribution in [3.05, 3.63) is 58.0 Å². The van der Waals surface area contributed by atoms with Gasteiger partial charge in [-0.1, -0.05) is 18.2 Å². The monoisotopic (exact) mass is 382 g/mol. The van der Waals surface area contributed by atoms with Gasteiger partial charge < -0.3 is 9.64 Å². The maximum atomic E-state index is 12.9. The van der Waals surface area contributed by atoms with Gasteiger partial charge >= 0.3 is 0 Å². The lowest BCUT2D eigenvalue weighted by Crippen LogP contribution is -2.52. The molecule has 0 radical (unpaired) electrons. The van der Waals surface area contributed by atoms with Crippen LogP contribution in [-0.2, 0) is 17.8 Å². The van der Waals surface area contributed by atoms with Crippen LogP contribution in [0.2, 0.25) is 0 Å². The lowest BCUT2D eigenvalue weighted by Gasteiger charge is -2.37. The highest BCUT2D eigenvalue weighted by Gasteiger charge is 2.31. The third-order valence-electron chi connectivity index (χ3n) is 5.54. The normalized spacial score (nSPS) is 19.8. The number of rotatable bonds is 4. The minimum Gasteiger partial charge on any atom is -0.492 e. The first-order valence-electron chi connectivity index (χ1n) is 9.87. The summed E-state index contributed by atoms with van der Waals surface area (Å²) < 4.78 is 7.30. The molecule has 3 heterocycles. The number of benzene rings is 1. The zero-order valence-corrected chi connectivity index (χ0v) is 16.2. The highest BCUT2D eigenvalue weighted by molar-refractivity contribution is 5.80. The molecule has 1 atom stereocenters. The molecule has 0 aliphatic carbocycles. The van der Waals surface area contributed by atoms with E-state index in [1.165, 1.54) is 4.68 Å². The molecular formula is C21H26N4O3. The predicted octanol–water partition coefficient (Wildman–Crippen LogP) is 0.947. The third kappa shape index (κ3) is 4.09. The molecule has 1 aromatic carbocycles. The van der Waals surface area contributed by atoms with Gasteiger partial charge in [0.1, 0.15) is 12.4 Å². The molecule has 1 amide bonds. The number of hydrogen-bond donors (Lipinski definition) is 0. The first-order chi connectivity index (χ1) is 13.6. The standard InChI is InChI=1S/C21H26N4O3/c1-16-6-7-20(26)25(22-16)13-10-23-8-11-24(12-9-23)21(27)18-14-17-4-2-3-5-19(17)28-15-18/h2-7,18H,8-15H2,1H3. The summed E-state index contributed by atoms with van der Waals surface area (Å²) in [5.74, 6) is 0.985. The molecule has 0 N–H and O–H groups in total. The number of carbonyl (C=O) groups excluding carboxylic acids is 1. The fourth-order valence-electron chi connectivity index (χ4n) is 3.88. The van der Waals surface area contributed by atoms with Crippen LogP contribution in [-0.4, -0.2) is 64.8 Å². The molecule has 0 saturated carbocycles. The number of nitrogens with zero attached hydrogens (tertiary/aromatic N) is 4. The predicted molar refractivity (Wildman–Crippen MR) is 105 cm³/mol. The summed E-state index contributed by atoms with van der Waals surface area (Å²) in [6.45, 7) is 6.74. The fraction of sp³-hybridized carbons (Fsp3) is 0.476. The summed E-state index contributed by atoms with van der Waals surface area (Å²) in [6.07, 6.45) is 0.747. The van der Waals surface area contributed by atoms with Gasteiger partial charge in [0.05, 0.1) is 18.2 Å². The van der Waals surface area contributed by atoms with E-state index in [0.29, 0.717) is 26.2 Å². The number of carbonyl (C=O) groups is 1. The first kappa shape index (κ1) is 18.7. The maximum Gasteiger partial charge on any atom is 0.266 e. The lowest BCUT2D eigenvalue weighted by atomic mass is 9.95. The Morgan fingerprint density at radius 3 is 2.71 bits per heavy atom. The SMILES string of the molecule is Cc1ccc(=O)n(CCN2CCN(C(=O)C3COc4ccccc4C3)CC2)n1. The van der Waals surface area contributed by atoms with E-state index < -0.39 is 0 Å². The van der Waals surface area contributed by atoms with E-state index >= 15 is 0 Å². The average Bonchev–Trinajstić information content (AvgIpc) is 2.74. The zero-order chi connectivity index (χ0) is 19.5. The number of aromatic nitrogens is 2. The molecule has 0 bridgehead atoms. The molecule has 7 heteroatoms. The Labute approximate surface area is 164 Å². The molecule has 1 saturated heterocycles. The molecule has 2 aromatic rings. The van der Waals surface area contributed by atoms with Gasteiger partial charge in [0, 0.05) is 38.8 Å². The molecule has 1 unspecified atom stereocenters. The Morgan fingerprint density at radius 1 is 1.11 bits per heavy atom. The van der Waals surface area contributed by atoms with E-state index in [-0.39, 0.29) is 17.4 Å². The second-order valence-corrected chi connectivity index (χ2v) is 7.52. The van der Waals surface area contributed by atoms with Crippen molar-refractivity contribution in [2.24, 2.45) is 5.92 Å². The molecule has 4 rings (SSSR count). The summed E-state index contributed by atoms with van der Waals surface area (Å²) >= 11 is 0. The van der Waals surface area contributed by atoms with Crippen molar-refractivity contribution < 1.29 is 9.53 Å². The van der Waals surface area contributed by atoms with Crippen LogP contribution in [0.4, 0.5) is 0 Å². The Morgan fingerprint density at radius 2 is 1.89 bits per heavy atom. The molecule has 1 fully saturated rings. The van der Waals surface area contributed by atoms with Crippen LogP contribution in [0.25, 0.3) is 0 Å². The number of amides is 1. The van der Waals surface area contributed by atoms with E-state index in [4.69, 9.17) is 4.74 Å². The fourth-order valence-corrected chi connectivity index (χ4v) is 3.88. The van der Waals surface area contributed by atoms with Gasteiger partial charge in [-0.3, -0.25) is 14.5 Å². The Bertz CT molecular complexity index is 903. The largest absolute Gasteiger partial charge is 0.492 e. The topological polar surface area (TPSA) is 67.7 Å². The Balaban J connectivity index is 1.28. The van der Waals surface area contributed by atoms with Crippen molar-refractivity contribution in [2.45, 2.75) is 19.9 Å². The molecule has 148 valence electrons.